The van der Waals surface area contributed by atoms with Crippen molar-refractivity contribution in [1.29, 1.82) is 5.26 Å². The van der Waals surface area contributed by atoms with Crippen molar-refractivity contribution in [1.82, 2.24) is 4.98 Å². The van der Waals surface area contributed by atoms with Crippen LogP contribution in [0.1, 0.15) is 29.3 Å². The summed E-state index contributed by atoms with van der Waals surface area (Å²) >= 11 is 1.40. The minimum Gasteiger partial charge on any atom is -0.493 e. The predicted molar refractivity (Wildman–Crippen MR) is 116 cm³/mol. The molecule has 0 aliphatic rings. The van der Waals surface area contributed by atoms with Crippen LogP contribution in [0, 0.1) is 11.3 Å². The van der Waals surface area contributed by atoms with Crippen LogP contribution in [0.3, 0.4) is 0 Å². The fraction of sp³-hybridized carbons (Fsp3) is 0.174. The summed E-state index contributed by atoms with van der Waals surface area (Å²) in [7, 11) is 0. The van der Waals surface area contributed by atoms with E-state index >= 15 is 0 Å². The average molecular weight is 404 g/mol. The van der Waals surface area contributed by atoms with Crippen molar-refractivity contribution in [2.75, 3.05) is 11.9 Å². The summed E-state index contributed by atoms with van der Waals surface area (Å²) in [6.45, 7) is 2.59. The number of para-hydroxylation sites is 1. The normalized spacial score (nSPS) is 11.0. The SMILES string of the molecule is CCCOc1ccccc1/C=C(/C#N)C(=O)Nc1ncc(Cc2ccccc2)s1. The first-order valence-corrected chi connectivity index (χ1v) is 10.1. The smallest absolute Gasteiger partial charge is 0.268 e. The van der Waals surface area contributed by atoms with Crippen molar-refractivity contribution >= 4 is 28.5 Å². The number of anilines is 1. The molecule has 0 atom stereocenters. The number of ether oxygens (including phenoxy) is 1. The third kappa shape index (κ3) is 5.77. The van der Waals surface area contributed by atoms with Gasteiger partial charge in [0.2, 0.25) is 0 Å². The number of nitrogens with one attached hydrogen (secondary N) is 1. The largest absolute Gasteiger partial charge is 0.493 e. The summed E-state index contributed by atoms with van der Waals surface area (Å²) in [6.07, 6.45) is 4.91. The van der Waals surface area contributed by atoms with Crippen LogP contribution < -0.4 is 10.1 Å². The Bertz CT molecular complexity index is 1040. The van der Waals surface area contributed by atoms with Crippen LogP contribution in [-0.2, 0) is 11.2 Å². The zero-order valence-corrected chi connectivity index (χ0v) is 16.9. The van der Waals surface area contributed by atoms with Crippen molar-refractivity contribution in [2.24, 2.45) is 0 Å². The summed E-state index contributed by atoms with van der Waals surface area (Å²) in [5.74, 6) is 0.160. The summed E-state index contributed by atoms with van der Waals surface area (Å²) in [5.41, 5.74) is 1.87. The first-order chi connectivity index (χ1) is 14.2. The molecule has 0 spiro atoms. The zero-order valence-electron chi connectivity index (χ0n) is 16.1. The zero-order chi connectivity index (χ0) is 20.5. The highest BCUT2D eigenvalue weighted by Gasteiger charge is 2.13. The monoisotopic (exact) mass is 403 g/mol. The fourth-order valence-electron chi connectivity index (χ4n) is 2.66. The van der Waals surface area contributed by atoms with E-state index in [1.54, 1.807) is 12.3 Å². The Morgan fingerprint density at radius 2 is 1.97 bits per heavy atom. The van der Waals surface area contributed by atoms with Gasteiger partial charge in [0, 0.05) is 23.1 Å². The van der Waals surface area contributed by atoms with Crippen LogP contribution in [0.25, 0.3) is 6.08 Å². The number of thiazole rings is 1. The van der Waals surface area contributed by atoms with E-state index in [2.05, 4.69) is 10.3 Å². The maximum atomic E-state index is 12.6. The van der Waals surface area contributed by atoms with Gasteiger partial charge < -0.3 is 4.74 Å². The van der Waals surface area contributed by atoms with E-state index in [-0.39, 0.29) is 5.57 Å². The van der Waals surface area contributed by atoms with E-state index in [1.807, 2.05) is 67.6 Å². The van der Waals surface area contributed by atoms with Gasteiger partial charge in [-0.05, 0) is 24.1 Å². The van der Waals surface area contributed by atoms with E-state index < -0.39 is 5.91 Å². The number of benzene rings is 2. The third-order valence-corrected chi connectivity index (χ3v) is 4.95. The molecule has 146 valence electrons. The standard InChI is InChI=1S/C23H21N3O2S/c1-2-12-28-21-11-7-6-10-18(21)14-19(15-24)22(27)26-23-25-16-20(29-23)13-17-8-4-3-5-9-17/h3-11,14,16H,2,12-13H2,1H3,(H,25,26,27)/b19-14-. The molecule has 0 saturated carbocycles. The third-order valence-electron chi connectivity index (χ3n) is 4.04. The van der Waals surface area contributed by atoms with Gasteiger partial charge in [-0.25, -0.2) is 4.98 Å². The van der Waals surface area contributed by atoms with Gasteiger partial charge in [0.05, 0.1) is 6.61 Å². The number of hydrogen-bond acceptors (Lipinski definition) is 5. The fourth-order valence-corrected chi connectivity index (χ4v) is 3.50. The van der Waals surface area contributed by atoms with Crippen molar-refractivity contribution in [3.8, 4) is 11.8 Å². The summed E-state index contributed by atoms with van der Waals surface area (Å²) < 4.78 is 5.69. The van der Waals surface area contributed by atoms with Gasteiger partial charge in [0.25, 0.3) is 5.91 Å². The molecule has 5 nitrogen and oxygen atoms in total. The minimum absolute atomic E-state index is 0.00245. The summed E-state index contributed by atoms with van der Waals surface area (Å²) in [6, 6.07) is 19.4. The van der Waals surface area contributed by atoms with Gasteiger partial charge in [-0.2, -0.15) is 5.26 Å². The van der Waals surface area contributed by atoms with Crippen LogP contribution in [0.4, 0.5) is 5.13 Å². The first kappa shape index (κ1) is 20.3. The molecule has 1 N–H and O–H groups in total. The number of carbonyl (C=O) groups is 1. The molecule has 0 unspecified atom stereocenters. The second-order valence-corrected chi connectivity index (χ2v) is 7.42. The highest BCUT2D eigenvalue weighted by molar-refractivity contribution is 7.15. The molecule has 3 aromatic rings. The second-order valence-electron chi connectivity index (χ2n) is 6.30. The Morgan fingerprint density at radius 3 is 2.72 bits per heavy atom. The number of aromatic nitrogens is 1. The summed E-state index contributed by atoms with van der Waals surface area (Å²) in [5, 5.41) is 12.7. The quantitative estimate of drug-likeness (QED) is 0.421. The van der Waals surface area contributed by atoms with E-state index in [0.29, 0.717) is 23.1 Å². The molecule has 0 fully saturated rings. The molecule has 2 aromatic carbocycles. The minimum atomic E-state index is -0.488. The molecule has 29 heavy (non-hydrogen) atoms. The van der Waals surface area contributed by atoms with Crippen LogP contribution in [0.2, 0.25) is 0 Å². The average Bonchev–Trinajstić information content (AvgIpc) is 3.18. The molecule has 0 radical (unpaired) electrons. The first-order valence-electron chi connectivity index (χ1n) is 9.33. The van der Waals surface area contributed by atoms with Gasteiger partial charge in [0.1, 0.15) is 17.4 Å². The lowest BCUT2D eigenvalue weighted by Crippen LogP contribution is -2.13. The molecule has 3 rings (SSSR count). The second kappa shape index (κ2) is 10.2. The Labute approximate surface area is 174 Å². The van der Waals surface area contributed by atoms with Crippen LogP contribution in [-0.4, -0.2) is 17.5 Å². The molecule has 0 bridgehead atoms. The van der Waals surface area contributed by atoms with Crippen molar-refractivity contribution < 1.29 is 9.53 Å². The van der Waals surface area contributed by atoms with Crippen molar-refractivity contribution in [2.45, 2.75) is 19.8 Å². The molecular weight excluding hydrogens is 382 g/mol. The highest BCUT2D eigenvalue weighted by Crippen LogP contribution is 2.24. The van der Waals surface area contributed by atoms with E-state index in [0.717, 1.165) is 17.7 Å². The lowest BCUT2D eigenvalue weighted by Gasteiger charge is -2.08. The number of hydrogen-bond donors (Lipinski definition) is 1. The van der Waals surface area contributed by atoms with Crippen LogP contribution in [0.5, 0.6) is 5.75 Å². The predicted octanol–water partition coefficient (Wildman–Crippen LogP) is 5.07. The number of carbonyl (C=O) groups excluding carboxylic acids is 1. The van der Waals surface area contributed by atoms with Crippen LogP contribution >= 0.6 is 11.3 Å². The van der Waals surface area contributed by atoms with Gasteiger partial charge >= 0.3 is 0 Å². The topological polar surface area (TPSA) is 75.0 Å². The molecule has 0 aliphatic carbocycles. The lowest BCUT2D eigenvalue weighted by molar-refractivity contribution is -0.112. The molecule has 0 aliphatic heterocycles. The Hall–Kier alpha value is -3.43. The number of rotatable bonds is 8. The maximum Gasteiger partial charge on any atom is 0.268 e. The van der Waals surface area contributed by atoms with Gasteiger partial charge in [0.15, 0.2) is 5.13 Å². The van der Waals surface area contributed by atoms with Crippen molar-refractivity contribution in [3.05, 3.63) is 82.4 Å². The van der Waals surface area contributed by atoms with E-state index in [1.165, 1.54) is 16.9 Å². The molecule has 1 amide bonds. The molecule has 1 aromatic heterocycles. The molecule has 1 heterocycles. The van der Waals surface area contributed by atoms with Crippen molar-refractivity contribution in [3.63, 3.8) is 0 Å². The van der Waals surface area contributed by atoms with E-state index in [9.17, 15) is 10.1 Å². The summed E-state index contributed by atoms with van der Waals surface area (Å²) in [4.78, 5) is 17.9. The lowest BCUT2D eigenvalue weighted by atomic mass is 10.1. The maximum absolute atomic E-state index is 12.6. The Kier molecular flexibility index (Phi) is 7.15. The van der Waals surface area contributed by atoms with Crippen LogP contribution in [0.15, 0.2) is 66.4 Å². The number of nitriles is 1. The van der Waals surface area contributed by atoms with Gasteiger partial charge in [-0.1, -0.05) is 55.5 Å². The van der Waals surface area contributed by atoms with Gasteiger partial charge in [-0.3, -0.25) is 10.1 Å². The van der Waals surface area contributed by atoms with Gasteiger partial charge in [-0.15, -0.1) is 11.3 Å². The van der Waals surface area contributed by atoms with E-state index in [4.69, 9.17) is 4.74 Å². The highest BCUT2D eigenvalue weighted by atomic mass is 32.1. The number of nitrogens with zero attached hydrogens (tertiary/aromatic N) is 2. The molecule has 0 saturated heterocycles. The Balaban J connectivity index is 1.71. The Morgan fingerprint density at radius 1 is 1.21 bits per heavy atom. The number of amides is 1. The molecular formula is C23H21N3O2S. The molecule has 6 heteroatoms.